The van der Waals surface area contributed by atoms with Crippen molar-refractivity contribution < 1.29 is 14.6 Å². The van der Waals surface area contributed by atoms with E-state index in [1.807, 2.05) is 41.1 Å². The topological polar surface area (TPSA) is 63.5 Å². The Kier molecular flexibility index (Phi) is 5.54. The van der Waals surface area contributed by atoms with E-state index < -0.39 is 0 Å². The van der Waals surface area contributed by atoms with Crippen LogP contribution in [0.2, 0.25) is 0 Å². The van der Waals surface area contributed by atoms with Gasteiger partial charge in [-0.2, -0.15) is 0 Å². The molecule has 0 spiro atoms. The second-order valence-electron chi connectivity index (χ2n) is 4.70. The highest BCUT2D eigenvalue weighted by Gasteiger charge is 2.10. The van der Waals surface area contributed by atoms with Gasteiger partial charge in [-0.15, -0.1) is 0 Å². The Morgan fingerprint density at radius 1 is 1.29 bits per heavy atom. The number of carbonyl (C=O) groups is 1. The normalized spacial score (nSPS) is 10.6. The molecule has 0 aliphatic rings. The Morgan fingerprint density at radius 3 is 2.71 bits per heavy atom. The molecule has 5 heteroatoms. The van der Waals surface area contributed by atoms with Crippen molar-refractivity contribution in [1.29, 1.82) is 0 Å². The van der Waals surface area contributed by atoms with E-state index in [0.29, 0.717) is 25.3 Å². The smallest absolute Gasteiger partial charge is 0.272 e. The highest BCUT2D eigenvalue weighted by Crippen LogP contribution is 2.12. The molecule has 0 fully saturated rings. The lowest BCUT2D eigenvalue weighted by Crippen LogP contribution is -2.18. The van der Waals surface area contributed by atoms with Crippen LogP contribution in [-0.4, -0.2) is 35.9 Å². The minimum Gasteiger partial charge on any atom is -0.396 e. The van der Waals surface area contributed by atoms with Gasteiger partial charge in [-0.1, -0.05) is 12.1 Å². The van der Waals surface area contributed by atoms with E-state index in [0.717, 1.165) is 11.3 Å². The van der Waals surface area contributed by atoms with E-state index in [2.05, 4.69) is 5.32 Å². The Bertz CT molecular complexity index is 575. The molecule has 0 bridgehead atoms. The highest BCUT2D eigenvalue weighted by atomic mass is 16.5. The molecule has 1 heterocycles. The number of methoxy groups -OCH3 is 1. The summed E-state index contributed by atoms with van der Waals surface area (Å²) in [5.74, 6) is -0.147. The zero-order chi connectivity index (χ0) is 15.1. The van der Waals surface area contributed by atoms with Gasteiger partial charge in [0.2, 0.25) is 0 Å². The number of nitrogens with one attached hydrogen (secondary N) is 1. The maximum atomic E-state index is 12.3. The summed E-state index contributed by atoms with van der Waals surface area (Å²) in [6, 6.07) is 11.1. The maximum absolute atomic E-state index is 12.3. The monoisotopic (exact) mass is 288 g/mol. The summed E-state index contributed by atoms with van der Waals surface area (Å²) in [7, 11) is 1.64. The van der Waals surface area contributed by atoms with Crippen molar-refractivity contribution in [2.45, 2.75) is 13.0 Å². The molecule has 112 valence electrons. The van der Waals surface area contributed by atoms with Crippen LogP contribution in [-0.2, 0) is 17.7 Å². The van der Waals surface area contributed by atoms with Crippen LogP contribution in [0.3, 0.4) is 0 Å². The fourth-order valence-corrected chi connectivity index (χ4v) is 2.08. The van der Waals surface area contributed by atoms with Gasteiger partial charge >= 0.3 is 0 Å². The minimum absolute atomic E-state index is 0.124. The number of benzene rings is 1. The largest absolute Gasteiger partial charge is 0.396 e. The van der Waals surface area contributed by atoms with Gasteiger partial charge in [0.05, 0.1) is 6.61 Å². The lowest BCUT2D eigenvalue weighted by molar-refractivity contribution is 0.101. The van der Waals surface area contributed by atoms with Crippen LogP contribution < -0.4 is 5.32 Å². The first-order valence-electron chi connectivity index (χ1n) is 6.90. The van der Waals surface area contributed by atoms with Crippen LogP contribution in [0.25, 0.3) is 0 Å². The van der Waals surface area contributed by atoms with Crippen molar-refractivity contribution in [3.63, 3.8) is 0 Å². The summed E-state index contributed by atoms with van der Waals surface area (Å²) < 4.78 is 6.89. The number of aliphatic hydroxyl groups is 1. The molecule has 1 amide bonds. The van der Waals surface area contributed by atoms with Gasteiger partial charge in [0.1, 0.15) is 5.69 Å². The third-order valence-corrected chi connectivity index (χ3v) is 3.21. The van der Waals surface area contributed by atoms with Gasteiger partial charge in [-0.25, -0.2) is 0 Å². The highest BCUT2D eigenvalue weighted by molar-refractivity contribution is 6.03. The Morgan fingerprint density at radius 2 is 2.05 bits per heavy atom. The number of aliphatic hydroxyl groups excluding tert-OH is 1. The Labute approximate surface area is 124 Å². The van der Waals surface area contributed by atoms with Gasteiger partial charge in [-0.3, -0.25) is 4.79 Å². The molecule has 0 unspecified atom stereocenters. The summed E-state index contributed by atoms with van der Waals surface area (Å²) in [5, 5.41) is 11.7. The molecule has 0 radical (unpaired) electrons. The van der Waals surface area contributed by atoms with Crippen LogP contribution in [0, 0.1) is 0 Å². The second kappa shape index (κ2) is 7.61. The zero-order valence-corrected chi connectivity index (χ0v) is 12.1. The van der Waals surface area contributed by atoms with Crippen molar-refractivity contribution in [2.24, 2.45) is 0 Å². The van der Waals surface area contributed by atoms with Gasteiger partial charge in [0, 0.05) is 32.1 Å². The average Bonchev–Trinajstić information content (AvgIpc) is 2.96. The number of hydrogen-bond donors (Lipinski definition) is 2. The molecular weight excluding hydrogens is 268 g/mol. The fourth-order valence-electron chi connectivity index (χ4n) is 2.08. The molecular formula is C16H20N2O3. The first kappa shape index (κ1) is 15.3. The quantitative estimate of drug-likeness (QED) is 0.818. The van der Waals surface area contributed by atoms with E-state index >= 15 is 0 Å². The molecule has 1 aromatic carbocycles. The molecule has 0 aliphatic carbocycles. The summed E-state index contributed by atoms with van der Waals surface area (Å²) in [5.41, 5.74) is 2.38. The van der Waals surface area contributed by atoms with Gasteiger partial charge in [0.25, 0.3) is 5.91 Å². The van der Waals surface area contributed by atoms with E-state index in [-0.39, 0.29) is 12.5 Å². The second-order valence-corrected chi connectivity index (χ2v) is 4.70. The van der Waals surface area contributed by atoms with Gasteiger partial charge in [-0.05, 0) is 36.2 Å². The van der Waals surface area contributed by atoms with Crippen molar-refractivity contribution >= 4 is 11.6 Å². The molecule has 0 saturated carbocycles. The predicted molar refractivity (Wildman–Crippen MR) is 81.5 cm³/mol. The first-order chi connectivity index (χ1) is 10.2. The first-order valence-corrected chi connectivity index (χ1v) is 6.90. The van der Waals surface area contributed by atoms with Crippen LogP contribution in [0.5, 0.6) is 0 Å². The number of nitrogens with zero attached hydrogens (tertiary/aromatic N) is 1. The predicted octanol–water partition coefficient (Wildman–Crippen LogP) is 1.92. The number of carbonyl (C=O) groups excluding carboxylic acids is 1. The number of rotatable bonds is 7. The fraction of sp³-hybridized carbons (Fsp3) is 0.312. The molecule has 0 aliphatic heterocycles. The van der Waals surface area contributed by atoms with E-state index in [1.165, 1.54) is 0 Å². The van der Waals surface area contributed by atoms with Crippen molar-refractivity contribution in [3.05, 3.63) is 53.9 Å². The Balaban J connectivity index is 2.02. The number of anilines is 1. The van der Waals surface area contributed by atoms with Gasteiger partial charge < -0.3 is 19.7 Å². The molecule has 1 aromatic heterocycles. The third-order valence-electron chi connectivity index (χ3n) is 3.21. The molecule has 2 aromatic rings. The molecule has 0 atom stereocenters. The molecule has 0 saturated heterocycles. The summed E-state index contributed by atoms with van der Waals surface area (Å²) in [6.45, 7) is 1.32. The van der Waals surface area contributed by atoms with E-state index in [1.54, 1.807) is 13.2 Å². The molecule has 2 rings (SSSR count). The number of amides is 1. The van der Waals surface area contributed by atoms with Gasteiger partial charge in [0.15, 0.2) is 0 Å². The molecule has 2 N–H and O–H groups in total. The average molecular weight is 288 g/mol. The zero-order valence-electron chi connectivity index (χ0n) is 12.1. The standard InChI is InChI=1S/C16H20N2O3/c1-21-12-10-18-9-2-3-15(18)16(20)17-14-6-4-13(5-7-14)8-11-19/h2-7,9,19H,8,10-12H2,1H3,(H,17,20). The van der Waals surface area contributed by atoms with Crippen molar-refractivity contribution in [2.75, 3.05) is 25.6 Å². The van der Waals surface area contributed by atoms with Crippen LogP contribution >= 0.6 is 0 Å². The van der Waals surface area contributed by atoms with E-state index in [4.69, 9.17) is 9.84 Å². The molecule has 5 nitrogen and oxygen atoms in total. The number of ether oxygens (including phenoxy) is 1. The number of aromatic nitrogens is 1. The van der Waals surface area contributed by atoms with E-state index in [9.17, 15) is 4.79 Å². The molecule has 21 heavy (non-hydrogen) atoms. The van der Waals surface area contributed by atoms with Crippen LogP contribution in [0.4, 0.5) is 5.69 Å². The minimum atomic E-state index is -0.147. The van der Waals surface area contributed by atoms with Crippen molar-refractivity contribution in [1.82, 2.24) is 4.57 Å². The maximum Gasteiger partial charge on any atom is 0.272 e. The van der Waals surface area contributed by atoms with Crippen molar-refractivity contribution in [3.8, 4) is 0 Å². The summed E-state index contributed by atoms with van der Waals surface area (Å²) in [4.78, 5) is 12.3. The summed E-state index contributed by atoms with van der Waals surface area (Å²) in [6.07, 6.45) is 2.48. The lowest BCUT2D eigenvalue weighted by atomic mass is 10.1. The summed E-state index contributed by atoms with van der Waals surface area (Å²) >= 11 is 0. The van der Waals surface area contributed by atoms with Crippen LogP contribution in [0.15, 0.2) is 42.6 Å². The van der Waals surface area contributed by atoms with Crippen LogP contribution in [0.1, 0.15) is 16.1 Å². The Hall–Kier alpha value is -2.11. The lowest BCUT2D eigenvalue weighted by Gasteiger charge is -2.10. The third kappa shape index (κ3) is 4.18. The SMILES string of the molecule is COCCn1cccc1C(=O)Nc1ccc(CCO)cc1. The number of hydrogen-bond acceptors (Lipinski definition) is 3.